The molecule has 2 N–H and O–H groups in total. The number of rotatable bonds is 1. The average Bonchev–Trinajstić information content (AvgIpc) is 2.25. The summed E-state index contributed by atoms with van der Waals surface area (Å²) < 4.78 is 5.28. The summed E-state index contributed by atoms with van der Waals surface area (Å²) in [7, 11) is 1.65. The molecular weight excluding hydrogens is 204 g/mol. The van der Waals surface area contributed by atoms with Gasteiger partial charge in [-0.1, -0.05) is 6.92 Å². The van der Waals surface area contributed by atoms with Crippen molar-refractivity contribution >= 4 is 0 Å². The van der Waals surface area contributed by atoms with Gasteiger partial charge >= 0.3 is 0 Å². The number of methoxy groups -OCH3 is 1. The largest absolute Gasteiger partial charge is 0.496 e. The maximum atomic E-state index is 9.94. The highest BCUT2D eigenvalue weighted by Crippen LogP contribution is 2.40. The van der Waals surface area contributed by atoms with Crippen LogP contribution in [0.4, 0.5) is 0 Å². The Kier molecular flexibility index (Phi) is 2.91. The first-order valence-corrected chi connectivity index (χ1v) is 5.59. The summed E-state index contributed by atoms with van der Waals surface area (Å²) in [4.78, 5) is 0. The maximum absolute atomic E-state index is 9.94. The summed E-state index contributed by atoms with van der Waals surface area (Å²) in [6.45, 7) is 4.00. The first-order chi connectivity index (χ1) is 7.54. The summed E-state index contributed by atoms with van der Waals surface area (Å²) in [5, 5.41) is 19.7. The molecule has 0 saturated heterocycles. The molecule has 2 rings (SSSR count). The van der Waals surface area contributed by atoms with E-state index >= 15 is 0 Å². The lowest BCUT2D eigenvalue weighted by atomic mass is 9.80. The molecule has 3 heteroatoms. The van der Waals surface area contributed by atoms with Gasteiger partial charge in [-0.05, 0) is 48.1 Å². The monoisotopic (exact) mass is 222 g/mol. The van der Waals surface area contributed by atoms with Crippen LogP contribution < -0.4 is 4.74 Å². The molecule has 0 radical (unpaired) electrons. The van der Waals surface area contributed by atoms with E-state index in [1.54, 1.807) is 7.11 Å². The van der Waals surface area contributed by atoms with E-state index in [4.69, 9.17) is 4.74 Å². The van der Waals surface area contributed by atoms with Crippen LogP contribution in [-0.2, 0) is 0 Å². The molecule has 1 aromatic carbocycles. The molecule has 0 unspecified atom stereocenters. The van der Waals surface area contributed by atoms with E-state index < -0.39 is 12.2 Å². The van der Waals surface area contributed by atoms with Crippen LogP contribution in [0.1, 0.15) is 42.1 Å². The second-order valence-corrected chi connectivity index (χ2v) is 4.60. The van der Waals surface area contributed by atoms with Gasteiger partial charge in [0.05, 0.1) is 13.2 Å². The van der Waals surface area contributed by atoms with Crippen LogP contribution in [0.15, 0.2) is 12.1 Å². The van der Waals surface area contributed by atoms with E-state index in [0.29, 0.717) is 6.42 Å². The van der Waals surface area contributed by atoms with Crippen molar-refractivity contribution in [3.05, 3.63) is 28.8 Å². The minimum Gasteiger partial charge on any atom is -0.496 e. The molecule has 1 aliphatic carbocycles. The molecule has 0 bridgehead atoms. The molecule has 3 atom stereocenters. The van der Waals surface area contributed by atoms with Crippen molar-refractivity contribution in [3.8, 4) is 5.75 Å². The van der Waals surface area contributed by atoms with E-state index in [9.17, 15) is 10.2 Å². The summed E-state index contributed by atoms with van der Waals surface area (Å²) >= 11 is 0. The third-order valence-electron chi connectivity index (χ3n) is 3.41. The van der Waals surface area contributed by atoms with Crippen molar-refractivity contribution in [1.29, 1.82) is 0 Å². The minimum atomic E-state index is -0.768. The number of hydrogen-bond donors (Lipinski definition) is 2. The number of aryl methyl sites for hydroxylation is 1. The molecular formula is C13H18O3. The van der Waals surface area contributed by atoms with Crippen molar-refractivity contribution in [1.82, 2.24) is 0 Å². The Morgan fingerprint density at radius 3 is 2.56 bits per heavy atom. The van der Waals surface area contributed by atoms with E-state index in [-0.39, 0.29) is 5.92 Å². The van der Waals surface area contributed by atoms with Crippen LogP contribution in [0.25, 0.3) is 0 Å². The van der Waals surface area contributed by atoms with E-state index in [1.165, 1.54) is 0 Å². The Morgan fingerprint density at radius 1 is 1.25 bits per heavy atom. The van der Waals surface area contributed by atoms with Crippen molar-refractivity contribution in [2.45, 2.75) is 38.4 Å². The Hall–Kier alpha value is -1.06. The van der Waals surface area contributed by atoms with Crippen LogP contribution in [0, 0.1) is 6.92 Å². The zero-order chi connectivity index (χ0) is 11.9. The van der Waals surface area contributed by atoms with Gasteiger partial charge in [0.1, 0.15) is 11.9 Å². The number of hydrogen-bond acceptors (Lipinski definition) is 3. The van der Waals surface area contributed by atoms with Gasteiger partial charge in [0.15, 0.2) is 0 Å². The molecule has 0 spiro atoms. The van der Waals surface area contributed by atoms with Crippen LogP contribution >= 0.6 is 0 Å². The van der Waals surface area contributed by atoms with Crippen LogP contribution in [0.5, 0.6) is 5.75 Å². The lowest BCUT2D eigenvalue weighted by molar-refractivity contribution is 0.00138. The zero-order valence-corrected chi connectivity index (χ0v) is 9.90. The predicted molar refractivity (Wildman–Crippen MR) is 61.7 cm³/mol. The van der Waals surface area contributed by atoms with Gasteiger partial charge in [0.2, 0.25) is 0 Å². The fourth-order valence-electron chi connectivity index (χ4n) is 2.45. The van der Waals surface area contributed by atoms with Gasteiger partial charge in [0.25, 0.3) is 0 Å². The molecule has 0 saturated carbocycles. The van der Waals surface area contributed by atoms with Gasteiger partial charge in [0, 0.05) is 0 Å². The lowest BCUT2D eigenvalue weighted by Crippen LogP contribution is -2.27. The highest BCUT2D eigenvalue weighted by atomic mass is 16.5. The van der Waals surface area contributed by atoms with E-state index in [2.05, 4.69) is 6.92 Å². The highest BCUT2D eigenvalue weighted by molar-refractivity contribution is 5.46. The number of ether oxygens (including phenoxy) is 1. The van der Waals surface area contributed by atoms with Crippen LogP contribution in [-0.4, -0.2) is 23.4 Å². The van der Waals surface area contributed by atoms with Crippen molar-refractivity contribution < 1.29 is 14.9 Å². The quantitative estimate of drug-likeness (QED) is 0.763. The molecule has 16 heavy (non-hydrogen) atoms. The standard InChI is InChI=1S/C13H18O3/c1-7-5-11(14)13(15)10-4-8(2)12(16-3)6-9(7)10/h4,6-7,11,13-15H,5H2,1-3H3/t7-,11+,13-/m1/s1. The number of aliphatic hydroxyl groups is 2. The second-order valence-electron chi connectivity index (χ2n) is 4.60. The second kappa shape index (κ2) is 4.07. The van der Waals surface area contributed by atoms with Gasteiger partial charge in [-0.25, -0.2) is 0 Å². The van der Waals surface area contributed by atoms with Crippen molar-refractivity contribution in [2.75, 3.05) is 7.11 Å². The fourth-order valence-corrected chi connectivity index (χ4v) is 2.45. The van der Waals surface area contributed by atoms with Gasteiger partial charge in [-0.2, -0.15) is 0 Å². The highest BCUT2D eigenvalue weighted by Gasteiger charge is 2.31. The maximum Gasteiger partial charge on any atom is 0.122 e. The molecule has 1 aromatic rings. The molecule has 0 heterocycles. The number of benzene rings is 1. The Morgan fingerprint density at radius 2 is 1.94 bits per heavy atom. The molecule has 0 aliphatic heterocycles. The summed E-state index contributed by atoms with van der Waals surface area (Å²) in [6, 6.07) is 3.89. The van der Waals surface area contributed by atoms with Gasteiger partial charge < -0.3 is 14.9 Å². The van der Waals surface area contributed by atoms with Gasteiger partial charge in [-0.3, -0.25) is 0 Å². The third-order valence-corrected chi connectivity index (χ3v) is 3.41. The first kappa shape index (κ1) is 11.4. The third kappa shape index (κ3) is 1.70. The predicted octanol–water partition coefficient (Wildman–Crippen LogP) is 1.91. The molecule has 88 valence electrons. The van der Waals surface area contributed by atoms with Gasteiger partial charge in [-0.15, -0.1) is 0 Å². The minimum absolute atomic E-state index is 0.253. The molecule has 0 aromatic heterocycles. The zero-order valence-electron chi connectivity index (χ0n) is 9.90. The number of aliphatic hydroxyl groups excluding tert-OH is 2. The molecule has 0 fully saturated rings. The molecule has 3 nitrogen and oxygen atoms in total. The Labute approximate surface area is 95.7 Å². The van der Waals surface area contributed by atoms with Crippen LogP contribution in [0.3, 0.4) is 0 Å². The topological polar surface area (TPSA) is 49.7 Å². The SMILES string of the molecule is COc1cc2c(cc1C)[C@@H](O)[C@@H](O)C[C@H]2C. The van der Waals surface area contributed by atoms with Crippen molar-refractivity contribution in [2.24, 2.45) is 0 Å². The van der Waals surface area contributed by atoms with Crippen LogP contribution in [0.2, 0.25) is 0 Å². The molecule has 1 aliphatic rings. The number of fused-ring (bicyclic) bond motifs is 1. The fraction of sp³-hybridized carbons (Fsp3) is 0.538. The Bertz CT molecular complexity index is 400. The first-order valence-electron chi connectivity index (χ1n) is 5.59. The summed E-state index contributed by atoms with van der Waals surface area (Å²) in [6.07, 6.45) is -0.827. The Balaban J connectivity index is 2.54. The lowest BCUT2D eigenvalue weighted by Gasteiger charge is -2.31. The molecule has 0 amide bonds. The van der Waals surface area contributed by atoms with E-state index in [0.717, 1.165) is 22.4 Å². The summed E-state index contributed by atoms with van der Waals surface area (Å²) in [5.41, 5.74) is 2.91. The normalized spacial score (nSPS) is 28.7. The van der Waals surface area contributed by atoms with E-state index in [1.807, 2.05) is 19.1 Å². The van der Waals surface area contributed by atoms with Crippen molar-refractivity contribution in [3.63, 3.8) is 0 Å². The summed E-state index contributed by atoms with van der Waals surface area (Å²) in [5.74, 6) is 1.09. The smallest absolute Gasteiger partial charge is 0.122 e. The average molecular weight is 222 g/mol.